The lowest BCUT2D eigenvalue weighted by molar-refractivity contribution is 0.281. The highest BCUT2D eigenvalue weighted by molar-refractivity contribution is 6.33. The number of anilines is 2. The number of nitrogens with zero attached hydrogens (tertiary/aromatic N) is 2. The summed E-state index contributed by atoms with van der Waals surface area (Å²) in [4.78, 5) is 3.91. The second-order valence-corrected chi connectivity index (χ2v) is 5.45. The van der Waals surface area contributed by atoms with Crippen molar-refractivity contribution in [1.82, 2.24) is 0 Å². The molecular weight excluding hydrogens is 302 g/mol. The van der Waals surface area contributed by atoms with Gasteiger partial charge in [-0.3, -0.25) is 0 Å². The van der Waals surface area contributed by atoms with Gasteiger partial charge in [-0.2, -0.15) is 0 Å². The molecule has 5 nitrogen and oxygen atoms in total. The van der Waals surface area contributed by atoms with E-state index >= 15 is 0 Å². The van der Waals surface area contributed by atoms with E-state index in [9.17, 15) is 10.2 Å². The van der Waals surface area contributed by atoms with E-state index in [4.69, 9.17) is 17.3 Å². The maximum atomic E-state index is 9.21. The number of hydrogen-bond acceptors (Lipinski definition) is 5. The first-order valence-corrected chi connectivity index (χ1v) is 7.80. The lowest BCUT2D eigenvalue weighted by Gasteiger charge is -2.30. The lowest BCUT2D eigenvalue weighted by Crippen LogP contribution is -2.31. The molecule has 22 heavy (non-hydrogen) atoms. The summed E-state index contributed by atoms with van der Waals surface area (Å²) in [6.45, 7) is 9.96. The van der Waals surface area contributed by atoms with Gasteiger partial charge in [0, 0.05) is 37.6 Å². The third-order valence-corrected chi connectivity index (χ3v) is 3.87. The van der Waals surface area contributed by atoms with Crippen LogP contribution in [0.1, 0.15) is 12.5 Å². The van der Waals surface area contributed by atoms with Crippen molar-refractivity contribution in [3.63, 3.8) is 0 Å². The number of aryl methyl sites for hydroxylation is 1. The Morgan fingerprint density at radius 2 is 1.82 bits per heavy atom. The van der Waals surface area contributed by atoms with Crippen LogP contribution in [0.5, 0.6) is 0 Å². The van der Waals surface area contributed by atoms with E-state index in [1.807, 2.05) is 35.8 Å². The molecule has 0 saturated carbocycles. The Bertz CT molecular complexity index is 502. The topological polar surface area (TPSA) is 73.0 Å². The minimum absolute atomic E-state index is 0.00740. The summed E-state index contributed by atoms with van der Waals surface area (Å²) in [5.74, 6) is 0. The first-order chi connectivity index (χ1) is 10.5. The van der Waals surface area contributed by atoms with Crippen LogP contribution < -0.4 is 15.5 Å². The van der Waals surface area contributed by atoms with E-state index < -0.39 is 0 Å². The molecule has 0 saturated heterocycles. The monoisotopic (exact) mass is 327 g/mol. The standard InChI is InChI=1S/C16H26ClN3O2/c1-4-20(13(3)11-18)15-10-16(14(17)9-12(15)2)19(5-7-21)6-8-22/h9-10,21-22H,3-8,11,18H2,1-2H3. The Morgan fingerprint density at radius 1 is 1.23 bits per heavy atom. The van der Waals surface area contributed by atoms with Crippen LogP contribution in [0, 0.1) is 6.92 Å². The summed E-state index contributed by atoms with van der Waals surface area (Å²) in [6.07, 6.45) is 0. The molecule has 0 radical (unpaired) electrons. The Labute approximate surface area is 137 Å². The number of aliphatic hydroxyl groups is 2. The zero-order valence-corrected chi connectivity index (χ0v) is 14.1. The SMILES string of the molecule is C=C(CN)N(CC)c1cc(N(CCO)CCO)c(Cl)cc1C. The van der Waals surface area contributed by atoms with Gasteiger partial charge in [0.05, 0.1) is 23.9 Å². The predicted molar refractivity (Wildman–Crippen MR) is 93.8 cm³/mol. The van der Waals surface area contributed by atoms with Crippen molar-refractivity contribution in [2.24, 2.45) is 5.73 Å². The average molecular weight is 328 g/mol. The molecule has 0 heterocycles. The maximum absolute atomic E-state index is 9.21. The molecule has 1 rings (SSSR count). The third-order valence-electron chi connectivity index (χ3n) is 3.57. The third kappa shape index (κ3) is 4.36. The molecule has 0 atom stereocenters. The van der Waals surface area contributed by atoms with Crippen LogP contribution in [0.3, 0.4) is 0 Å². The van der Waals surface area contributed by atoms with Crippen molar-refractivity contribution in [3.05, 3.63) is 35.0 Å². The number of nitrogens with two attached hydrogens (primary N) is 1. The molecule has 4 N–H and O–H groups in total. The second-order valence-electron chi connectivity index (χ2n) is 5.04. The van der Waals surface area contributed by atoms with Crippen LogP contribution in [0.15, 0.2) is 24.4 Å². The number of hydrogen-bond donors (Lipinski definition) is 3. The van der Waals surface area contributed by atoms with Crippen molar-refractivity contribution >= 4 is 23.0 Å². The highest BCUT2D eigenvalue weighted by atomic mass is 35.5. The zero-order chi connectivity index (χ0) is 16.7. The molecule has 124 valence electrons. The normalized spacial score (nSPS) is 10.6. The predicted octanol–water partition coefficient (Wildman–Crippen LogP) is 1.74. The Balaban J connectivity index is 3.30. The molecule has 1 aromatic carbocycles. The molecule has 0 amide bonds. The van der Waals surface area contributed by atoms with Gasteiger partial charge in [-0.1, -0.05) is 18.2 Å². The molecule has 0 aliphatic rings. The lowest BCUT2D eigenvalue weighted by atomic mass is 10.1. The minimum atomic E-state index is -0.00740. The summed E-state index contributed by atoms with van der Waals surface area (Å²) < 4.78 is 0. The van der Waals surface area contributed by atoms with Gasteiger partial charge in [-0.05, 0) is 31.5 Å². The highest BCUT2D eigenvalue weighted by Gasteiger charge is 2.16. The molecule has 0 unspecified atom stereocenters. The fraction of sp³-hybridized carbons (Fsp3) is 0.500. The van der Waals surface area contributed by atoms with Gasteiger partial charge in [0.1, 0.15) is 0 Å². The average Bonchev–Trinajstić information content (AvgIpc) is 2.49. The van der Waals surface area contributed by atoms with E-state index in [0.29, 0.717) is 24.7 Å². The highest BCUT2D eigenvalue weighted by Crippen LogP contribution is 2.34. The van der Waals surface area contributed by atoms with Gasteiger partial charge < -0.3 is 25.7 Å². The Morgan fingerprint density at radius 3 is 2.27 bits per heavy atom. The minimum Gasteiger partial charge on any atom is -0.395 e. The summed E-state index contributed by atoms with van der Waals surface area (Å²) >= 11 is 6.36. The summed E-state index contributed by atoms with van der Waals surface area (Å²) in [6, 6.07) is 3.85. The largest absolute Gasteiger partial charge is 0.395 e. The molecule has 0 fully saturated rings. The van der Waals surface area contributed by atoms with Crippen LogP contribution in [0.2, 0.25) is 5.02 Å². The van der Waals surface area contributed by atoms with Gasteiger partial charge in [-0.25, -0.2) is 0 Å². The molecule has 0 aliphatic heterocycles. The van der Waals surface area contributed by atoms with Gasteiger partial charge in [0.25, 0.3) is 0 Å². The zero-order valence-electron chi connectivity index (χ0n) is 13.3. The molecule has 6 heteroatoms. The Kier molecular flexibility index (Phi) is 7.68. The first kappa shape index (κ1) is 18.8. The van der Waals surface area contributed by atoms with Gasteiger partial charge in [0.15, 0.2) is 0 Å². The van der Waals surface area contributed by atoms with Crippen LogP contribution >= 0.6 is 11.6 Å². The Hall–Kier alpha value is -1.27. The van der Waals surface area contributed by atoms with E-state index in [0.717, 1.165) is 29.2 Å². The number of halogens is 1. The van der Waals surface area contributed by atoms with Gasteiger partial charge in [0.2, 0.25) is 0 Å². The second kappa shape index (κ2) is 9.00. The fourth-order valence-electron chi connectivity index (χ4n) is 2.45. The van der Waals surface area contributed by atoms with E-state index in [-0.39, 0.29) is 13.2 Å². The van der Waals surface area contributed by atoms with Crippen LogP contribution in [-0.2, 0) is 0 Å². The van der Waals surface area contributed by atoms with Crippen molar-refractivity contribution in [2.75, 3.05) is 49.2 Å². The number of rotatable bonds is 9. The fourth-order valence-corrected chi connectivity index (χ4v) is 2.79. The quantitative estimate of drug-likeness (QED) is 0.644. The smallest absolute Gasteiger partial charge is 0.0643 e. The number of likely N-dealkylation sites (N-methyl/N-ethyl adjacent to an activating group) is 1. The molecule has 0 aromatic heterocycles. The summed E-state index contributed by atoms with van der Waals surface area (Å²) in [5, 5.41) is 19.0. The molecule has 1 aromatic rings. The van der Waals surface area contributed by atoms with Crippen molar-refractivity contribution in [2.45, 2.75) is 13.8 Å². The van der Waals surface area contributed by atoms with Crippen molar-refractivity contribution < 1.29 is 10.2 Å². The van der Waals surface area contributed by atoms with Crippen molar-refractivity contribution in [3.8, 4) is 0 Å². The number of aliphatic hydroxyl groups excluding tert-OH is 2. The first-order valence-electron chi connectivity index (χ1n) is 7.42. The molecule has 0 aliphatic carbocycles. The molecular formula is C16H26ClN3O2. The number of benzene rings is 1. The van der Waals surface area contributed by atoms with E-state index in [2.05, 4.69) is 6.58 Å². The van der Waals surface area contributed by atoms with Crippen molar-refractivity contribution in [1.29, 1.82) is 0 Å². The van der Waals surface area contributed by atoms with Crippen LogP contribution in [0.25, 0.3) is 0 Å². The molecule has 0 bridgehead atoms. The summed E-state index contributed by atoms with van der Waals surface area (Å²) in [7, 11) is 0. The van der Waals surface area contributed by atoms with Crippen LogP contribution in [0.4, 0.5) is 11.4 Å². The van der Waals surface area contributed by atoms with Crippen LogP contribution in [-0.4, -0.2) is 49.6 Å². The van der Waals surface area contributed by atoms with E-state index in [1.165, 1.54) is 0 Å². The molecule has 0 spiro atoms. The van der Waals surface area contributed by atoms with Gasteiger partial charge >= 0.3 is 0 Å². The summed E-state index contributed by atoms with van der Waals surface area (Å²) in [5.41, 5.74) is 9.34. The van der Waals surface area contributed by atoms with E-state index in [1.54, 1.807) is 0 Å². The maximum Gasteiger partial charge on any atom is 0.0643 e. The van der Waals surface area contributed by atoms with Gasteiger partial charge in [-0.15, -0.1) is 0 Å².